The van der Waals surface area contributed by atoms with Crippen molar-refractivity contribution >= 4 is 15.8 Å². The van der Waals surface area contributed by atoms with E-state index in [9.17, 15) is 13.2 Å². The maximum absolute atomic E-state index is 11.7. The third-order valence-corrected chi connectivity index (χ3v) is 4.26. The summed E-state index contributed by atoms with van der Waals surface area (Å²) in [5.74, 6) is 0.0191. The molecule has 0 spiro atoms. The highest BCUT2D eigenvalue weighted by atomic mass is 32.2. The van der Waals surface area contributed by atoms with Gasteiger partial charge in [-0.15, -0.1) is 0 Å². The second-order valence-electron chi connectivity index (χ2n) is 5.07. The quantitative estimate of drug-likeness (QED) is 0.749. The first-order valence-corrected chi connectivity index (χ1v) is 8.56. The fourth-order valence-electron chi connectivity index (χ4n) is 1.84. The number of nitrogens with one attached hydrogen (secondary N) is 1. The molecule has 0 bridgehead atoms. The summed E-state index contributed by atoms with van der Waals surface area (Å²) >= 11 is 0. The van der Waals surface area contributed by atoms with E-state index in [0.29, 0.717) is 11.8 Å². The average Bonchev–Trinajstić information content (AvgIpc) is 3.26. The van der Waals surface area contributed by atoms with Crippen LogP contribution in [0.2, 0.25) is 0 Å². The van der Waals surface area contributed by atoms with Gasteiger partial charge < -0.3 is 9.47 Å². The first kappa shape index (κ1) is 15.8. The molecular weight excluding hydrogens is 294 g/mol. The van der Waals surface area contributed by atoms with Gasteiger partial charge in [-0.2, -0.15) is 0 Å². The van der Waals surface area contributed by atoms with E-state index in [1.807, 2.05) is 0 Å². The number of benzene rings is 1. The zero-order valence-corrected chi connectivity index (χ0v) is 12.9. The Morgan fingerprint density at radius 3 is 2.71 bits per heavy atom. The normalized spacial score (nSPS) is 16.3. The molecule has 1 atom stereocenters. The summed E-state index contributed by atoms with van der Waals surface area (Å²) in [5.41, 5.74) is 0. The smallest absolute Gasteiger partial charge is 0.326 e. The van der Waals surface area contributed by atoms with Crippen molar-refractivity contribution in [3.63, 3.8) is 0 Å². The molecule has 1 saturated carbocycles. The van der Waals surface area contributed by atoms with Crippen molar-refractivity contribution in [1.29, 1.82) is 0 Å². The largest absolute Gasteiger partial charge is 0.491 e. The lowest BCUT2D eigenvalue weighted by atomic mass is 10.3. The third kappa shape index (κ3) is 4.71. The predicted molar refractivity (Wildman–Crippen MR) is 77.0 cm³/mol. The molecule has 1 aliphatic carbocycles. The summed E-state index contributed by atoms with van der Waals surface area (Å²) in [7, 11) is -1.95. The minimum absolute atomic E-state index is 0.0936. The van der Waals surface area contributed by atoms with Crippen LogP contribution in [0.5, 0.6) is 5.75 Å². The lowest BCUT2D eigenvalue weighted by molar-refractivity contribution is -0.144. The number of hydrogen-bond acceptors (Lipinski definition) is 6. The second-order valence-corrected chi connectivity index (χ2v) is 7.09. The van der Waals surface area contributed by atoms with Crippen LogP contribution in [0, 0.1) is 0 Å². The van der Waals surface area contributed by atoms with Crippen LogP contribution in [0.1, 0.15) is 12.8 Å². The summed E-state index contributed by atoms with van der Waals surface area (Å²) in [6.07, 6.45) is 3.21. The van der Waals surface area contributed by atoms with Gasteiger partial charge in [0.1, 0.15) is 18.4 Å². The molecule has 1 aromatic carbocycles. The second kappa shape index (κ2) is 6.44. The van der Waals surface area contributed by atoms with E-state index in [1.54, 1.807) is 12.1 Å². The Balaban J connectivity index is 2.01. The zero-order chi connectivity index (χ0) is 15.5. The minimum Gasteiger partial charge on any atom is -0.491 e. The fourth-order valence-corrected chi connectivity index (χ4v) is 2.49. The molecule has 1 fully saturated rings. The average molecular weight is 313 g/mol. The van der Waals surface area contributed by atoms with Gasteiger partial charge in [0.2, 0.25) is 0 Å². The molecule has 1 N–H and O–H groups in total. The summed E-state index contributed by atoms with van der Waals surface area (Å²) in [6, 6.07) is 5.99. The van der Waals surface area contributed by atoms with Gasteiger partial charge >= 0.3 is 5.97 Å². The van der Waals surface area contributed by atoms with Crippen molar-refractivity contribution in [2.24, 2.45) is 0 Å². The SMILES string of the molecule is COC(=O)C(COc1cccc(S(C)(=O)=O)c1)NC1CC1. The molecule has 2 rings (SSSR count). The number of carbonyl (C=O) groups is 1. The van der Waals surface area contributed by atoms with Crippen molar-refractivity contribution < 1.29 is 22.7 Å². The van der Waals surface area contributed by atoms with Crippen LogP contribution in [0.25, 0.3) is 0 Å². The first-order valence-electron chi connectivity index (χ1n) is 6.67. The van der Waals surface area contributed by atoms with E-state index in [-0.39, 0.29) is 17.5 Å². The van der Waals surface area contributed by atoms with Gasteiger partial charge in [-0.05, 0) is 31.0 Å². The van der Waals surface area contributed by atoms with Gasteiger partial charge in [-0.3, -0.25) is 10.1 Å². The number of ether oxygens (including phenoxy) is 2. The third-order valence-electron chi connectivity index (χ3n) is 3.15. The maximum atomic E-state index is 11.7. The Hall–Kier alpha value is -1.60. The number of rotatable bonds is 7. The van der Waals surface area contributed by atoms with E-state index in [4.69, 9.17) is 9.47 Å². The molecule has 0 aromatic heterocycles. The Kier molecular flexibility index (Phi) is 4.84. The number of esters is 1. The van der Waals surface area contributed by atoms with Crippen molar-refractivity contribution in [3.05, 3.63) is 24.3 Å². The van der Waals surface area contributed by atoms with Gasteiger partial charge in [0.05, 0.1) is 12.0 Å². The molecule has 0 saturated heterocycles. The molecule has 1 unspecified atom stereocenters. The first-order chi connectivity index (χ1) is 9.90. The molecule has 116 valence electrons. The van der Waals surface area contributed by atoms with Gasteiger partial charge in [-0.25, -0.2) is 8.42 Å². The standard InChI is InChI=1S/C14H19NO5S/c1-19-14(16)13(15-10-6-7-10)9-20-11-4-3-5-12(8-11)21(2,17)18/h3-5,8,10,13,15H,6-7,9H2,1-2H3. The number of hydrogen-bond donors (Lipinski definition) is 1. The Bertz CT molecular complexity index is 610. The lowest BCUT2D eigenvalue weighted by Crippen LogP contribution is -2.43. The van der Waals surface area contributed by atoms with Gasteiger partial charge in [0.25, 0.3) is 0 Å². The van der Waals surface area contributed by atoms with E-state index >= 15 is 0 Å². The highest BCUT2D eigenvalue weighted by Gasteiger charge is 2.29. The Morgan fingerprint density at radius 2 is 2.14 bits per heavy atom. The molecule has 0 heterocycles. The van der Waals surface area contributed by atoms with E-state index in [1.165, 1.54) is 19.2 Å². The highest BCUT2D eigenvalue weighted by Crippen LogP contribution is 2.21. The molecular formula is C14H19NO5S. The van der Waals surface area contributed by atoms with Crippen LogP contribution < -0.4 is 10.1 Å². The molecule has 21 heavy (non-hydrogen) atoms. The predicted octanol–water partition coefficient (Wildman–Crippen LogP) is 0.762. The van der Waals surface area contributed by atoms with Crippen LogP contribution in [0.15, 0.2) is 29.2 Å². The van der Waals surface area contributed by atoms with Crippen LogP contribution in [-0.2, 0) is 19.4 Å². The van der Waals surface area contributed by atoms with Crippen LogP contribution in [0.3, 0.4) is 0 Å². The Morgan fingerprint density at radius 1 is 1.43 bits per heavy atom. The number of sulfone groups is 1. The molecule has 1 aliphatic rings. The van der Waals surface area contributed by atoms with Crippen LogP contribution in [0.4, 0.5) is 0 Å². The monoisotopic (exact) mass is 313 g/mol. The summed E-state index contributed by atoms with van der Waals surface area (Å²) in [5, 5.41) is 3.14. The minimum atomic E-state index is -3.28. The summed E-state index contributed by atoms with van der Waals surface area (Å²) in [4.78, 5) is 11.8. The zero-order valence-electron chi connectivity index (χ0n) is 12.0. The van der Waals surface area contributed by atoms with Gasteiger partial charge in [0.15, 0.2) is 9.84 Å². The van der Waals surface area contributed by atoms with Crippen LogP contribution >= 0.6 is 0 Å². The van der Waals surface area contributed by atoms with Crippen molar-refractivity contribution in [2.45, 2.75) is 29.8 Å². The topological polar surface area (TPSA) is 81.7 Å². The molecule has 0 aliphatic heterocycles. The van der Waals surface area contributed by atoms with E-state index in [2.05, 4.69) is 5.32 Å². The van der Waals surface area contributed by atoms with Crippen molar-refractivity contribution in [2.75, 3.05) is 20.0 Å². The molecule has 6 nitrogen and oxygen atoms in total. The van der Waals surface area contributed by atoms with Crippen molar-refractivity contribution in [1.82, 2.24) is 5.32 Å². The maximum Gasteiger partial charge on any atom is 0.326 e. The molecule has 0 amide bonds. The van der Waals surface area contributed by atoms with Gasteiger partial charge in [0, 0.05) is 12.3 Å². The number of carbonyl (C=O) groups excluding carboxylic acids is 1. The molecule has 0 radical (unpaired) electrons. The number of methoxy groups -OCH3 is 1. The Labute approximate surface area is 124 Å². The van der Waals surface area contributed by atoms with E-state index in [0.717, 1.165) is 19.1 Å². The van der Waals surface area contributed by atoms with E-state index < -0.39 is 15.9 Å². The lowest BCUT2D eigenvalue weighted by Gasteiger charge is -2.17. The van der Waals surface area contributed by atoms with Crippen LogP contribution in [-0.4, -0.2) is 46.4 Å². The fraction of sp³-hybridized carbons (Fsp3) is 0.500. The van der Waals surface area contributed by atoms with Gasteiger partial charge in [-0.1, -0.05) is 6.07 Å². The molecule has 7 heteroatoms. The summed E-state index contributed by atoms with van der Waals surface area (Å²) < 4.78 is 33.2. The van der Waals surface area contributed by atoms with Crippen molar-refractivity contribution in [3.8, 4) is 5.75 Å². The molecule has 1 aromatic rings. The highest BCUT2D eigenvalue weighted by molar-refractivity contribution is 7.90. The summed E-state index contributed by atoms with van der Waals surface area (Å²) in [6.45, 7) is 0.0936.